The molecule has 3 rings (SSSR count). The molecule has 3 aromatic rings. The molecule has 1 aromatic carbocycles. The normalized spacial score (nSPS) is 11.7. The first-order valence-corrected chi connectivity index (χ1v) is 6.91. The number of rotatable bonds is 3. The molecule has 1 amide bonds. The third-order valence-electron chi connectivity index (χ3n) is 3.45. The summed E-state index contributed by atoms with van der Waals surface area (Å²) in [6.07, 6.45) is 0.254. The van der Waals surface area contributed by atoms with E-state index in [1.165, 1.54) is 0 Å². The number of hydrogen-bond donors (Lipinski definition) is 1. The second-order valence-corrected chi connectivity index (χ2v) is 5.10. The number of pyridine rings is 1. The molecule has 0 unspecified atom stereocenters. The van der Waals surface area contributed by atoms with E-state index in [1.54, 1.807) is 35.1 Å². The molecule has 8 heteroatoms. The molecule has 0 radical (unpaired) electrons. The Morgan fingerprint density at radius 3 is 2.71 bits per heavy atom. The molecule has 24 heavy (non-hydrogen) atoms. The number of aromatic nitrogens is 2. The molecule has 0 spiro atoms. The minimum atomic E-state index is -4.82. The number of nitrogens with one attached hydrogen (secondary N) is 1. The first-order chi connectivity index (χ1) is 11.3. The van der Waals surface area contributed by atoms with Crippen molar-refractivity contribution in [1.82, 2.24) is 14.7 Å². The molecule has 2 aromatic heterocycles. The lowest BCUT2D eigenvalue weighted by molar-refractivity contribution is -0.138. The van der Waals surface area contributed by atoms with Crippen molar-refractivity contribution >= 4 is 11.6 Å². The summed E-state index contributed by atoms with van der Waals surface area (Å²) in [6, 6.07) is 5.37. The van der Waals surface area contributed by atoms with Crippen LogP contribution in [0.1, 0.15) is 21.5 Å². The van der Waals surface area contributed by atoms with Gasteiger partial charge in [0.25, 0.3) is 5.91 Å². The topological polar surface area (TPSA) is 46.4 Å². The Labute approximate surface area is 133 Å². The molecule has 0 aliphatic rings. The second-order valence-electron chi connectivity index (χ2n) is 5.10. The molecule has 0 saturated heterocycles. The predicted octanol–water partition coefficient (Wildman–Crippen LogP) is 3.42. The molecule has 0 bridgehead atoms. The Morgan fingerprint density at radius 1 is 1.17 bits per heavy atom. The van der Waals surface area contributed by atoms with E-state index in [-0.39, 0.29) is 6.54 Å². The van der Waals surface area contributed by atoms with E-state index >= 15 is 0 Å². The van der Waals surface area contributed by atoms with Gasteiger partial charge in [-0.25, -0.2) is 9.37 Å². The molecule has 1 N–H and O–H groups in total. The number of imidazole rings is 1. The van der Waals surface area contributed by atoms with Gasteiger partial charge in [0.05, 0.1) is 11.1 Å². The van der Waals surface area contributed by atoms with E-state index in [1.807, 2.05) is 0 Å². The maximum atomic E-state index is 13.1. The lowest BCUT2D eigenvalue weighted by atomic mass is 10.1. The number of nitrogens with zero attached hydrogens (tertiary/aromatic N) is 2. The van der Waals surface area contributed by atoms with Crippen LogP contribution in [0.5, 0.6) is 0 Å². The third-order valence-corrected chi connectivity index (χ3v) is 3.45. The second kappa shape index (κ2) is 5.95. The van der Waals surface area contributed by atoms with Crippen LogP contribution in [0.4, 0.5) is 17.6 Å². The van der Waals surface area contributed by atoms with Gasteiger partial charge in [-0.3, -0.25) is 4.79 Å². The van der Waals surface area contributed by atoms with Gasteiger partial charge >= 0.3 is 6.18 Å². The van der Waals surface area contributed by atoms with Crippen LogP contribution in [0.15, 0.2) is 48.9 Å². The number of carbonyl (C=O) groups is 1. The summed E-state index contributed by atoms with van der Waals surface area (Å²) in [7, 11) is 0. The first-order valence-electron chi connectivity index (χ1n) is 6.91. The number of halogens is 4. The number of alkyl halides is 3. The van der Waals surface area contributed by atoms with Crippen molar-refractivity contribution in [2.45, 2.75) is 12.7 Å². The molecule has 0 fully saturated rings. The van der Waals surface area contributed by atoms with Gasteiger partial charge in [-0.2, -0.15) is 13.2 Å². The Kier molecular flexibility index (Phi) is 3.96. The highest BCUT2D eigenvalue weighted by atomic mass is 19.4. The summed E-state index contributed by atoms with van der Waals surface area (Å²) in [6.45, 7) is 0.0247. The quantitative estimate of drug-likeness (QED) is 0.745. The zero-order chi connectivity index (χ0) is 17.3. The average molecular weight is 337 g/mol. The van der Waals surface area contributed by atoms with Crippen molar-refractivity contribution < 1.29 is 22.4 Å². The first kappa shape index (κ1) is 16.0. The fourth-order valence-electron chi connectivity index (χ4n) is 2.29. The molecule has 2 heterocycles. The van der Waals surface area contributed by atoms with Crippen LogP contribution in [0, 0.1) is 5.82 Å². The lowest BCUT2D eigenvalue weighted by Gasteiger charge is -2.13. The summed E-state index contributed by atoms with van der Waals surface area (Å²) >= 11 is 0. The minimum absolute atomic E-state index is 0.0247. The smallest absolute Gasteiger partial charge is 0.348 e. The van der Waals surface area contributed by atoms with E-state index in [2.05, 4.69) is 10.3 Å². The molecule has 0 saturated carbocycles. The summed E-state index contributed by atoms with van der Waals surface area (Å²) < 4.78 is 53.6. The van der Waals surface area contributed by atoms with Crippen molar-refractivity contribution in [2.24, 2.45) is 0 Å². The highest BCUT2D eigenvalue weighted by molar-refractivity contribution is 5.95. The maximum Gasteiger partial charge on any atom is 0.417 e. The summed E-state index contributed by atoms with van der Waals surface area (Å²) in [4.78, 5) is 16.1. The monoisotopic (exact) mass is 337 g/mol. The molecular weight excluding hydrogens is 326 g/mol. The summed E-state index contributed by atoms with van der Waals surface area (Å²) in [5.74, 6) is -1.98. The lowest BCUT2D eigenvalue weighted by Crippen LogP contribution is -2.26. The summed E-state index contributed by atoms with van der Waals surface area (Å²) in [5, 5.41) is 2.41. The molecule has 0 aliphatic heterocycles. The summed E-state index contributed by atoms with van der Waals surface area (Å²) in [5.41, 5.74) is -0.591. The van der Waals surface area contributed by atoms with Gasteiger partial charge in [-0.05, 0) is 35.9 Å². The van der Waals surface area contributed by atoms with Gasteiger partial charge in [0.1, 0.15) is 11.5 Å². The molecule has 0 atom stereocenters. The number of amides is 1. The van der Waals surface area contributed by atoms with Gasteiger partial charge in [0.15, 0.2) is 0 Å². The number of benzene rings is 1. The molecule has 124 valence electrons. The van der Waals surface area contributed by atoms with Crippen molar-refractivity contribution in [1.29, 1.82) is 0 Å². The Hall–Kier alpha value is -2.90. The van der Waals surface area contributed by atoms with Crippen LogP contribution in [-0.2, 0) is 12.7 Å². The zero-order valence-corrected chi connectivity index (χ0v) is 12.1. The van der Waals surface area contributed by atoms with E-state index < -0.39 is 29.0 Å². The van der Waals surface area contributed by atoms with Gasteiger partial charge < -0.3 is 9.72 Å². The van der Waals surface area contributed by atoms with E-state index in [0.717, 1.165) is 12.1 Å². The predicted molar refractivity (Wildman–Crippen MR) is 77.8 cm³/mol. The molecule has 0 aliphatic carbocycles. The van der Waals surface area contributed by atoms with Crippen molar-refractivity contribution in [3.05, 3.63) is 71.4 Å². The van der Waals surface area contributed by atoms with Crippen LogP contribution >= 0.6 is 0 Å². The average Bonchev–Trinajstić information content (AvgIpc) is 2.99. The number of hydrogen-bond acceptors (Lipinski definition) is 2. The van der Waals surface area contributed by atoms with Crippen LogP contribution in [0.2, 0.25) is 0 Å². The van der Waals surface area contributed by atoms with Crippen LogP contribution in [0.3, 0.4) is 0 Å². The fourth-order valence-corrected chi connectivity index (χ4v) is 2.29. The SMILES string of the molecule is O=C(NCc1ccn2ccnc2c1)c1ccc(F)cc1C(F)(F)F. The van der Waals surface area contributed by atoms with Crippen LogP contribution in [0.25, 0.3) is 5.65 Å². The molecule has 4 nitrogen and oxygen atoms in total. The Morgan fingerprint density at radius 2 is 1.96 bits per heavy atom. The Balaban J connectivity index is 1.80. The van der Waals surface area contributed by atoms with Gasteiger partial charge in [-0.15, -0.1) is 0 Å². The fraction of sp³-hybridized carbons (Fsp3) is 0.125. The van der Waals surface area contributed by atoms with Crippen LogP contribution < -0.4 is 5.32 Å². The minimum Gasteiger partial charge on any atom is -0.348 e. The van der Waals surface area contributed by atoms with Crippen molar-refractivity contribution in [2.75, 3.05) is 0 Å². The van der Waals surface area contributed by atoms with Gasteiger partial charge in [-0.1, -0.05) is 0 Å². The van der Waals surface area contributed by atoms with Crippen molar-refractivity contribution in [3.63, 3.8) is 0 Å². The largest absolute Gasteiger partial charge is 0.417 e. The van der Waals surface area contributed by atoms with Gasteiger partial charge in [0.2, 0.25) is 0 Å². The number of fused-ring (bicyclic) bond motifs is 1. The highest BCUT2D eigenvalue weighted by Crippen LogP contribution is 2.32. The maximum absolute atomic E-state index is 13.1. The van der Waals surface area contributed by atoms with E-state index in [9.17, 15) is 22.4 Å². The van der Waals surface area contributed by atoms with Crippen molar-refractivity contribution in [3.8, 4) is 0 Å². The van der Waals surface area contributed by atoms with E-state index in [0.29, 0.717) is 17.3 Å². The zero-order valence-electron chi connectivity index (χ0n) is 12.1. The van der Waals surface area contributed by atoms with Gasteiger partial charge in [0, 0.05) is 25.1 Å². The van der Waals surface area contributed by atoms with E-state index in [4.69, 9.17) is 0 Å². The standard InChI is InChI=1S/C16H11F4N3O/c17-11-1-2-12(13(8-11)16(18,19)20)15(24)22-9-10-3-5-23-6-4-21-14(23)7-10/h1-8H,9H2,(H,22,24). The molecular formula is C16H11F4N3O. The Bertz CT molecular complexity index is 902. The third kappa shape index (κ3) is 3.22. The number of carbonyl (C=O) groups excluding carboxylic acids is 1. The van der Waals surface area contributed by atoms with Crippen LogP contribution in [-0.4, -0.2) is 15.3 Å². The highest BCUT2D eigenvalue weighted by Gasteiger charge is 2.35.